The van der Waals surface area contributed by atoms with Crippen molar-refractivity contribution in [1.82, 2.24) is 24.7 Å². The van der Waals surface area contributed by atoms with Crippen molar-refractivity contribution < 1.29 is 0 Å². The first-order valence-corrected chi connectivity index (χ1v) is 8.30. The number of benzene rings is 1. The molecule has 1 fully saturated rings. The standard InChI is InChI=1S/C19H16N6/c1-2-5-17-16(4-1)19(23-18(22-17)14-6-9-20-10-7-14)24-12-15(13-24)25-11-3-8-21-25/h1-11,15H,12-13H2. The highest BCUT2D eigenvalue weighted by molar-refractivity contribution is 5.91. The molecule has 0 radical (unpaired) electrons. The van der Waals surface area contributed by atoms with E-state index in [2.05, 4.69) is 21.0 Å². The molecule has 4 aromatic rings. The van der Waals surface area contributed by atoms with Crippen molar-refractivity contribution in [3.05, 3.63) is 67.3 Å². The Morgan fingerprint density at radius 1 is 0.880 bits per heavy atom. The first-order valence-electron chi connectivity index (χ1n) is 8.30. The fourth-order valence-electron chi connectivity index (χ4n) is 3.22. The SMILES string of the molecule is c1ccc2c(N3CC(n4cccn4)C3)nc(-c3ccncc3)nc2c1. The third kappa shape index (κ3) is 2.42. The second kappa shape index (κ2) is 5.66. The minimum atomic E-state index is 0.396. The van der Waals surface area contributed by atoms with Crippen LogP contribution in [-0.4, -0.2) is 37.8 Å². The van der Waals surface area contributed by atoms with Gasteiger partial charge in [0.15, 0.2) is 5.82 Å². The zero-order valence-electron chi connectivity index (χ0n) is 13.5. The average molecular weight is 328 g/mol. The lowest BCUT2D eigenvalue weighted by molar-refractivity contribution is 0.366. The Morgan fingerprint density at radius 3 is 2.52 bits per heavy atom. The van der Waals surface area contributed by atoms with Gasteiger partial charge in [-0.25, -0.2) is 9.97 Å². The normalized spacial score (nSPS) is 14.6. The van der Waals surface area contributed by atoms with E-state index in [0.717, 1.165) is 41.2 Å². The lowest BCUT2D eigenvalue weighted by Gasteiger charge is -2.40. The fourth-order valence-corrected chi connectivity index (χ4v) is 3.22. The van der Waals surface area contributed by atoms with Gasteiger partial charge in [-0.3, -0.25) is 9.67 Å². The molecule has 25 heavy (non-hydrogen) atoms. The maximum Gasteiger partial charge on any atom is 0.162 e. The molecule has 0 bridgehead atoms. The Labute approximate surface area is 144 Å². The highest BCUT2D eigenvalue weighted by Crippen LogP contribution is 2.32. The van der Waals surface area contributed by atoms with E-state index in [1.807, 2.05) is 53.5 Å². The van der Waals surface area contributed by atoms with Crippen LogP contribution >= 0.6 is 0 Å². The van der Waals surface area contributed by atoms with Gasteiger partial charge >= 0.3 is 0 Å². The number of hydrogen-bond acceptors (Lipinski definition) is 5. The molecule has 0 spiro atoms. The molecular weight excluding hydrogens is 312 g/mol. The quantitative estimate of drug-likeness (QED) is 0.579. The third-order valence-corrected chi connectivity index (χ3v) is 4.58. The Bertz CT molecular complexity index is 1010. The number of hydrogen-bond donors (Lipinski definition) is 0. The van der Waals surface area contributed by atoms with Crippen molar-refractivity contribution in [3.8, 4) is 11.4 Å². The summed E-state index contributed by atoms with van der Waals surface area (Å²) in [4.78, 5) is 16.0. The maximum atomic E-state index is 4.87. The van der Waals surface area contributed by atoms with Crippen LogP contribution in [-0.2, 0) is 0 Å². The summed E-state index contributed by atoms with van der Waals surface area (Å²) in [5, 5.41) is 5.43. The number of pyridine rings is 1. The number of rotatable bonds is 3. The smallest absolute Gasteiger partial charge is 0.162 e. The molecule has 1 aromatic carbocycles. The molecule has 1 aliphatic heterocycles. The van der Waals surface area contributed by atoms with Gasteiger partial charge in [-0.2, -0.15) is 5.10 Å². The summed E-state index contributed by atoms with van der Waals surface area (Å²) in [6.07, 6.45) is 7.38. The van der Waals surface area contributed by atoms with E-state index in [9.17, 15) is 0 Å². The number of aromatic nitrogens is 5. The number of para-hydroxylation sites is 1. The summed E-state index contributed by atoms with van der Waals surface area (Å²) >= 11 is 0. The van der Waals surface area contributed by atoms with E-state index < -0.39 is 0 Å². The topological polar surface area (TPSA) is 59.7 Å². The molecule has 1 saturated heterocycles. The molecular formula is C19H16N6. The van der Waals surface area contributed by atoms with Crippen molar-refractivity contribution >= 4 is 16.7 Å². The Morgan fingerprint density at radius 2 is 1.72 bits per heavy atom. The van der Waals surface area contributed by atoms with E-state index >= 15 is 0 Å². The van der Waals surface area contributed by atoms with Crippen LogP contribution in [0.15, 0.2) is 67.3 Å². The molecule has 5 rings (SSSR count). The lowest BCUT2D eigenvalue weighted by atomic mass is 10.1. The molecule has 0 N–H and O–H groups in total. The summed E-state index contributed by atoms with van der Waals surface area (Å²) in [5.41, 5.74) is 1.94. The Balaban J connectivity index is 1.55. The average Bonchev–Trinajstić information content (AvgIpc) is 3.15. The number of fused-ring (bicyclic) bond motifs is 1. The Kier molecular flexibility index (Phi) is 3.19. The zero-order chi connectivity index (χ0) is 16.6. The molecule has 0 unspecified atom stereocenters. The van der Waals surface area contributed by atoms with Crippen LogP contribution in [0.2, 0.25) is 0 Å². The fraction of sp³-hybridized carbons (Fsp3) is 0.158. The second-order valence-electron chi connectivity index (χ2n) is 6.17. The first-order chi connectivity index (χ1) is 12.4. The molecule has 122 valence electrons. The van der Waals surface area contributed by atoms with E-state index in [1.165, 1.54) is 0 Å². The summed E-state index contributed by atoms with van der Waals surface area (Å²) in [6.45, 7) is 1.80. The van der Waals surface area contributed by atoms with Gasteiger partial charge in [0.1, 0.15) is 5.82 Å². The van der Waals surface area contributed by atoms with E-state index in [0.29, 0.717) is 6.04 Å². The summed E-state index contributed by atoms with van der Waals surface area (Å²) in [6, 6.07) is 14.4. The van der Waals surface area contributed by atoms with E-state index in [4.69, 9.17) is 9.97 Å². The lowest BCUT2D eigenvalue weighted by Crippen LogP contribution is -2.48. The molecule has 1 aliphatic rings. The predicted octanol–water partition coefficient (Wildman–Crippen LogP) is 2.95. The van der Waals surface area contributed by atoms with Gasteiger partial charge in [0.25, 0.3) is 0 Å². The van der Waals surface area contributed by atoms with Gasteiger partial charge in [0.05, 0.1) is 11.6 Å². The summed E-state index contributed by atoms with van der Waals surface area (Å²) in [7, 11) is 0. The van der Waals surface area contributed by atoms with Gasteiger partial charge < -0.3 is 4.90 Å². The van der Waals surface area contributed by atoms with Crippen LogP contribution < -0.4 is 4.90 Å². The largest absolute Gasteiger partial charge is 0.352 e. The molecule has 0 aliphatic carbocycles. The molecule has 0 atom stereocenters. The van der Waals surface area contributed by atoms with E-state index in [1.54, 1.807) is 12.4 Å². The molecule has 6 heteroatoms. The van der Waals surface area contributed by atoms with Crippen LogP contribution in [0.3, 0.4) is 0 Å². The summed E-state index contributed by atoms with van der Waals surface area (Å²) in [5.74, 6) is 1.72. The van der Waals surface area contributed by atoms with Crippen LogP contribution in [0.25, 0.3) is 22.3 Å². The highest BCUT2D eigenvalue weighted by Gasteiger charge is 2.31. The van der Waals surface area contributed by atoms with Gasteiger partial charge in [-0.05, 0) is 30.3 Å². The van der Waals surface area contributed by atoms with Crippen LogP contribution in [0.5, 0.6) is 0 Å². The molecule has 4 heterocycles. The molecule has 0 saturated carbocycles. The number of nitrogens with zero attached hydrogens (tertiary/aromatic N) is 6. The van der Waals surface area contributed by atoms with Gasteiger partial charge in [-0.15, -0.1) is 0 Å². The van der Waals surface area contributed by atoms with Crippen LogP contribution in [0.1, 0.15) is 6.04 Å². The molecule has 0 amide bonds. The monoisotopic (exact) mass is 328 g/mol. The highest BCUT2D eigenvalue weighted by atomic mass is 15.4. The number of anilines is 1. The minimum Gasteiger partial charge on any atom is -0.352 e. The second-order valence-corrected chi connectivity index (χ2v) is 6.17. The van der Waals surface area contributed by atoms with Crippen molar-refractivity contribution in [2.24, 2.45) is 0 Å². The van der Waals surface area contributed by atoms with Crippen molar-refractivity contribution in [2.75, 3.05) is 18.0 Å². The van der Waals surface area contributed by atoms with Crippen molar-refractivity contribution in [3.63, 3.8) is 0 Å². The minimum absolute atomic E-state index is 0.396. The van der Waals surface area contributed by atoms with Crippen molar-refractivity contribution in [1.29, 1.82) is 0 Å². The van der Waals surface area contributed by atoms with Crippen molar-refractivity contribution in [2.45, 2.75) is 6.04 Å². The van der Waals surface area contributed by atoms with Gasteiger partial charge in [-0.1, -0.05) is 12.1 Å². The molecule has 3 aromatic heterocycles. The molecule has 6 nitrogen and oxygen atoms in total. The van der Waals surface area contributed by atoms with Crippen LogP contribution in [0, 0.1) is 0 Å². The van der Waals surface area contributed by atoms with Crippen LogP contribution in [0.4, 0.5) is 5.82 Å². The first kappa shape index (κ1) is 14.1. The van der Waals surface area contributed by atoms with Gasteiger partial charge in [0, 0.05) is 48.8 Å². The van der Waals surface area contributed by atoms with E-state index in [-0.39, 0.29) is 0 Å². The Hall–Kier alpha value is -3.28. The summed E-state index contributed by atoms with van der Waals surface area (Å²) < 4.78 is 2.02. The maximum absolute atomic E-state index is 4.87. The van der Waals surface area contributed by atoms with Gasteiger partial charge in [0.2, 0.25) is 0 Å². The zero-order valence-corrected chi connectivity index (χ0v) is 13.5. The third-order valence-electron chi connectivity index (χ3n) is 4.58. The predicted molar refractivity (Wildman–Crippen MR) is 96.2 cm³/mol.